The van der Waals surface area contributed by atoms with Crippen molar-refractivity contribution in [2.24, 2.45) is 11.0 Å². The Balaban J connectivity index is 1.81. The molecule has 1 aromatic heterocycles. The first-order valence-corrected chi connectivity index (χ1v) is 7.24. The number of aliphatic hydroxyl groups is 1. The smallest absolute Gasteiger partial charge is 0.278 e. The van der Waals surface area contributed by atoms with E-state index in [1.807, 2.05) is 0 Å². The van der Waals surface area contributed by atoms with E-state index in [1.54, 1.807) is 24.5 Å². The zero-order chi connectivity index (χ0) is 14.7. The molecule has 3 rings (SSSR count). The number of rotatable bonds is 2. The van der Waals surface area contributed by atoms with E-state index in [-0.39, 0.29) is 17.4 Å². The highest BCUT2D eigenvalue weighted by Crippen LogP contribution is 2.25. The molecule has 3 N–H and O–H groups in total. The third-order valence-electron chi connectivity index (χ3n) is 3.94. The number of carbonyl (C=O) groups excluding carboxylic acids is 1. The van der Waals surface area contributed by atoms with Gasteiger partial charge in [0.2, 0.25) is 0 Å². The van der Waals surface area contributed by atoms with Crippen molar-refractivity contribution in [3.63, 3.8) is 0 Å². The second-order valence-electron chi connectivity index (χ2n) is 5.36. The number of carbonyl (C=O) groups is 1. The first kappa shape index (κ1) is 13.6. The summed E-state index contributed by atoms with van der Waals surface area (Å²) in [6.45, 7) is 0. The van der Waals surface area contributed by atoms with Gasteiger partial charge in [0.15, 0.2) is 11.5 Å². The molecule has 0 saturated heterocycles. The Labute approximate surface area is 123 Å². The number of aliphatic hydroxyl groups excluding tert-OH is 1. The van der Waals surface area contributed by atoms with Crippen molar-refractivity contribution in [2.45, 2.75) is 32.1 Å². The Kier molecular flexibility index (Phi) is 3.85. The minimum Gasteiger partial charge on any atom is -0.505 e. The second kappa shape index (κ2) is 5.95. The van der Waals surface area contributed by atoms with Crippen molar-refractivity contribution in [1.29, 1.82) is 0 Å². The van der Waals surface area contributed by atoms with Crippen molar-refractivity contribution in [3.8, 4) is 0 Å². The number of hydrazone groups is 1. The van der Waals surface area contributed by atoms with Crippen LogP contribution < -0.4 is 10.7 Å². The fourth-order valence-electron chi connectivity index (χ4n) is 2.76. The maximum absolute atomic E-state index is 12.2. The number of aromatic nitrogens is 1. The van der Waals surface area contributed by atoms with E-state index in [0.717, 1.165) is 12.8 Å². The summed E-state index contributed by atoms with van der Waals surface area (Å²) in [4.78, 5) is 16.1. The number of amides is 1. The number of hydrogen-bond donors (Lipinski definition) is 3. The monoisotopic (exact) mass is 286 g/mol. The van der Waals surface area contributed by atoms with Gasteiger partial charge in [0.1, 0.15) is 5.84 Å². The van der Waals surface area contributed by atoms with Crippen LogP contribution in [0.2, 0.25) is 0 Å². The van der Waals surface area contributed by atoms with Crippen molar-refractivity contribution < 1.29 is 9.90 Å². The number of pyridine rings is 1. The van der Waals surface area contributed by atoms with Gasteiger partial charge in [-0.1, -0.05) is 19.3 Å². The van der Waals surface area contributed by atoms with Crippen molar-refractivity contribution in [1.82, 2.24) is 15.7 Å². The molecule has 1 saturated carbocycles. The van der Waals surface area contributed by atoms with Crippen LogP contribution in [-0.2, 0) is 4.79 Å². The first-order valence-electron chi connectivity index (χ1n) is 7.24. The summed E-state index contributed by atoms with van der Waals surface area (Å²) >= 11 is 0. The van der Waals surface area contributed by atoms with Crippen molar-refractivity contribution >= 4 is 17.5 Å². The molecule has 0 unspecified atom stereocenters. The van der Waals surface area contributed by atoms with Crippen LogP contribution in [0.5, 0.6) is 0 Å². The van der Waals surface area contributed by atoms with Gasteiger partial charge in [-0.05, 0) is 25.0 Å². The summed E-state index contributed by atoms with van der Waals surface area (Å²) in [7, 11) is 0. The van der Waals surface area contributed by atoms with E-state index >= 15 is 0 Å². The third-order valence-corrected chi connectivity index (χ3v) is 3.94. The van der Waals surface area contributed by atoms with Gasteiger partial charge in [0.25, 0.3) is 5.91 Å². The maximum Gasteiger partial charge on any atom is 0.278 e. The topological polar surface area (TPSA) is 86.6 Å². The molecular weight excluding hydrogens is 268 g/mol. The molecule has 2 heterocycles. The van der Waals surface area contributed by atoms with Gasteiger partial charge in [0, 0.05) is 23.9 Å². The number of hydrogen-bond acceptors (Lipinski definition) is 5. The number of nitrogens with zero attached hydrogens (tertiary/aromatic N) is 2. The van der Waals surface area contributed by atoms with E-state index in [9.17, 15) is 9.90 Å². The van der Waals surface area contributed by atoms with Crippen LogP contribution in [0.1, 0.15) is 37.7 Å². The molecule has 6 heteroatoms. The van der Waals surface area contributed by atoms with Crippen LogP contribution in [-0.4, -0.2) is 21.8 Å². The quantitative estimate of drug-likeness (QED) is 0.572. The SMILES string of the molecule is O=C1NC(C2CCCCC2)=NNC1=C(O)c1ccncc1. The average molecular weight is 286 g/mol. The lowest BCUT2D eigenvalue weighted by atomic mass is 9.88. The highest BCUT2D eigenvalue weighted by atomic mass is 16.3. The Bertz CT molecular complexity index is 589. The zero-order valence-electron chi connectivity index (χ0n) is 11.7. The fourth-order valence-corrected chi connectivity index (χ4v) is 2.76. The third kappa shape index (κ3) is 2.89. The molecule has 2 aliphatic rings. The molecule has 1 aliphatic heterocycles. The minimum absolute atomic E-state index is 0.0701. The van der Waals surface area contributed by atoms with Gasteiger partial charge in [-0.3, -0.25) is 15.2 Å². The minimum atomic E-state index is -0.347. The molecule has 1 fully saturated rings. The predicted molar refractivity (Wildman–Crippen MR) is 79.1 cm³/mol. The van der Waals surface area contributed by atoms with Gasteiger partial charge in [-0.25, -0.2) is 0 Å². The van der Waals surface area contributed by atoms with Gasteiger partial charge in [-0.2, -0.15) is 5.10 Å². The average Bonchev–Trinajstić information content (AvgIpc) is 2.56. The van der Waals surface area contributed by atoms with E-state index in [2.05, 4.69) is 20.8 Å². The molecule has 6 nitrogen and oxygen atoms in total. The summed E-state index contributed by atoms with van der Waals surface area (Å²) in [6.07, 6.45) is 8.81. The molecule has 1 aliphatic carbocycles. The maximum atomic E-state index is 12.2. The van der Waals surface area contributed by atoms with E-state index in [0.29, 0.717) is 17.3 Å². The van der Waals surface area contributed by atoms with Gasteiger partial charge < -0.3 is 10.4 Å². The van der Waals surface area contributed by atoms with Gasteiger partial charge >= 0.3 is 0 Å². The lowest BCUT2D eigenvalue weighted by Gasteiger charge is -2.26. The van der Waals surface area contributed by atoms with Crippen LogP contribution >= 0.6 is 0 Å². The van der Waals surface area contributed by atoms with Gasteiger partial charge in [-0.15, -0.1) is 0 Å². The number of nitrogens with one attached hydrogen (secondary N) is 2. The van der Waals surface area contributed by atoms with Crippen LogP contribution in [0.25, 0.3) is 5.76 Å². The summed E-state index contributed by atoms with van der Waals surface area (Å²) < 4.78 is 0. The fraction of sp³-hybridized carbons (Fsp3) is 0.400. The standard InChI is InChI=1S/C15H18N4O2/c20-13(10-6-8-16-9-7-10)12-15(21)17-14(19-18-12)11-4-2-1-3-5-11/h6-9,11,18,20H,1-5H2,(H,17,19,21). The van der Waals surface area contributed by atoms with Crippen molar-refractivity contribution in [2.75, 3.05) is 0 Å². The largest absolute Gasteiger partial charge is 0.505 e. The molecule has 1 amide bonds. The van der Waals surface area contributed by atoms with Crippen LogP contribution in [0.3, 0.4) is 0 Å². The summed E-state index contributed by atoms with van der Waals surface area (Å²) in [6, 6.07) is 3.27. The highest BCUT2D eigenvalue weighted by Gasteiger charge is 2.27. The predicted octanol–water partition coefficient (Wildman–Crippen LogP) is 1.92. The molecular formula is C15H18N4O2. The van der Waals surface area contributed by atoms with Crippen LogP contribution in [0.15, 0.2) is 35.3 Å². The zero-order valence-corrected chi connectivity index (χ0v) is 11.7. The van der Waals surface area contributed by atoms with Crippen LogP contribution in [0, 0.1) is 5.92 Å². The molecule has 21 heavy (non-hydrogen) atoms. The second-order valence-corrected chi connectivity index (χ2v) is 5.36. The molecule has 0 atom stereocenters. The van der Waals surface area contributed by atoms with Gasteiger partial charge in [0.05, 0.1) is 0 Å². The number of amidine groups is 1. The Morgan fingerprint density at radius 1 is 1.19 bits per heavy atom. The first-order chi connectivity index (χ1) is 10.3. The summed E-state index contributed by atoms with van der Waals surface area (Å²) in [5, 5.41) is 17.2. The molecule has 0 spiro atoms. The van der Waals surface area contributed by atoms with E-state index in [4.69, 9.17) is 0 Å². The van der Waals surface area contributed by atoms with Crippen molar-refractivity contribution in [3.05, 3.63) is 35.8 Å². The van der Waals surface area contributed by atoms with E-state index in [1.165, 1.54) is 19.3 Å². The summed E-state index contributed by atoms with van der Waals surface area (Å²) in [5.41, 5.74) is 3.30. The Morgan fingerprint density at radius 2 is 1.90 bits per heavy atom. The van der Waals surface area contributed by atoms with Crippen LogP contribution in [0.4, 0.5) is 0 Å². The molecule has 0 radical (unpaired) electrons. The normalized spacial score (nSPS) is 22.1. The molecule has 110 valence electrons. The lowest BCUT2D eigenvalue weighted by molar-refractivity contribution is -0.116. The lowest BCUT2D eigenvalue weighted by Crippen LogP contribution is -2.45. The Morgan fingerprint density at radius 3 is 2.57 bits per heavy atom. The Hall–Kier alpha value is -2.37. The van der Waals surface area contributed by atoms with E-state index < -0.39 is 0 Å². The molecule has 0 bridgehead atoms. The molecule has 1 aromatic rings. The summed E-state index contributed by atoms with van der Waals surface area (Å²) in [5.74, 6) is 0.520. The highest BCUT2D eigenvalue weighted by molar-refractivity contribution is 6.11. The molecule has 0 aromatic carbocycles.